The number of aromatic nitrogens is 10. The van der Waals surface area contributed by atoms with Crippen LogP contribution in [-0.2, 0) is 9.68 Å². The van der Waals surface area contributed by atoms with Crippen molar-refractivity contribution in [2.75, 3.05) is 45.5 Å². The number of hydrogen-bond acceptors (Lipinski definition) is 15. The van der Waals surface area contributed by atoms with Gasteiger partial charge in [0.15, 0.2) is 11.3 Å². The van der Waals surface area contributed by atoms with Gasteiger partial charge in [0.2, 0.25) is 0 Å². The van der Waals surface area contributed by atoms with Gasteiger partial charge in [0.1, 0.15) is 40.6 Å². The first-order chi connectivity index (χ1) is 37.6. The fourth-order valence-corrected chi connectivity index (χ4v) is 9.62. The van der Waals surface area contributed by atoms with Crippen LogP contribution in [0.1, 0.15) is 56.1 Å². The van der Waals surface area contributed by atoms with Crippen LogP contribution in [0.5, 0.6) is 11.5 Å². The number of hydrogen-bond donors (Lipinski definition) is 0. The molecule has 17 nitrogen and oxygen atoms in total. The summed E-state index contributed by atoms with van der Waals surface area (Å²) in [6.45, 7) is 12.3. The Morgan fingerprint density at radius 2 is 1.05 bits per heavy atom. The summed E-state index contributed by atoms with van der Waals surface area (Å²) in [6.07, 6.45) is 19.9. The maximum absolute atomic E-state index is 7.79. The number of pyridine rings is 4. The van der Waals surface area contributed by atoms with Gasteiger partial charge in [0, 0.05) is 90.8 Å². The van der Waals surface area contributed by atoms with Crippen molar-refractivity contribution < 1.29 is 21.9 Å². The summed E-state index contributed by atoms with van der Waals surface area (Å²) >= 11 is 3.43. The molecule has 13 rings (SSSR count). The van der Waals surface area contributed by atoms with E-state index < -0.39 is 11.2 Å². The minimum absolute atomic E-state index is 0.249. The second-order valence-corrected chi connectivity index (χ2v) is 21.2. The molecule has 388 valence electrons. The lowest BCUT2D eigenvalue weighted by molar-refractivity contribution is -0.0266. The molecule has 0 unspecified atom stereocenters. The summed E-state index contributed by atoms with van der Waals surface area (Å²) in [5, 5.41) is 12.1. The van der Waals surface area contributed by atoms with E-state index in [0.29, 0.717) is 0 Å². The van der Waals surface area contributed by atoms with E-state index in [0.717, 1.165) is 140 Å². The van der Waals surface area contributed by atoms with Crippen molar-refractivity contribution in [3.8, 4) is 45.1 Å². The predicted molar refractivity (Wildman–Crippen MR) is 298 cm³/mol. The number of fused-ring (bicyclic) bond motifs is 4. The van der Waals surface area contributed by atoms with Gasteiger partial charge in [-0.05, 0) is 150 Å². The van der Waals surface area contributed by atoms with Crippen LogP contribution >= 0.6 is 15.9 Å². The molecule has 3 saturated heterocycles. The molecule has 0 spiro atoms. The molecule has 2 aromatic carbocycles. The Morgan fingerprint density at radius 3 is 1.62 bits per heavy atom. The Kier molecular flexibility index (Phi) is 13.7. The lowest BCUT2D eigenvalue weighted by Crippen LogP contribution is -2.41. The lowest BCUT2D eigenvalue weighted by Gasteiger charge is -2.29. The molecule has 18 heteroatoms. The van der Waals surface area contributed by atoms with E-state index in [9.17, 15) is 0 Å². The number of rotatable bonds is 8. The fourth-order valence-electron chi connectivity index (χ4n) is 9.24. The second kappa shape index (κ2) is 21.6. The third-order valence-corrected chi connectivity index (χ3v) is 15.0. The number of likely N-dealkylation sites (tertiary alicyclic amines) is 2. The zero-order chi connectivity index (χ0) is 54.1. The van der Waals surface area contributed by atoms with Gasteiger partial charge < -0.3 is 19.3 Å². The Morgan fingerprint density at radius 1 is 0.539 bits per heavy atom. The maximum Gasteiger partial charge on any atom is 0.169 e. The average Bonchev–Trinajstić information content (AvgIpc) is 4.25. The van der Waals surface area contributed by atoms with Gasteiger partial charge in [0.05, 0.1) is 54.4 Å². The summed E-state index contributed by atoms with van der Waals surface area (Å²) in [5.74, 6) is 1.62. The Bertz CT molecular complexity index is 3720. The molecule has 11 heterocycles. The SMILES string of the molecule is CN1CCC(Oc2ccc(-c3cnc4c(Br)cnn4c3)nc2)CC1.[2H]c1ccc2c(-c3cnn4cc(-c5ccc(OC6CCN(C)CC6)cn5)cnc34)cccc2n1.[2H]c1ccc2c(N3OC(C)(C)C(C)(C)O3)cccc2n1. The number of ether oxygens (including phenoxy) is 2. The number of anilines is 1. The molecule has 3 aliphatic heterocycles. The van der Waals surface area contributed by atoms with Crippen LogP contribution < -0.4 is 14.7 Å². The van der Waals surface area contributed by atoms with Crippen molar-refractivity contribution in [3.05, 3.63) is 151 Å². The monoisotopic (exact) mass is 1080 g/mol. The largest absolute Gasteiger partial charge is 0.489 e. The van der Waals surface area contributed by atoms with Crippen molar-refractivity contribution in [1.29, 1.82) is 0 Å². The highest BCUT2D eigenvalue weighted by atomic mass is 79.9. The van der Waals surface area contributed by atoms with E-state index in [1.165, 1.54) is 5.23 Å². The first-order valence-corrected chi connectivity index (χ1v) is 26.3. The zero-order valence-electron chi connectivity index (χ0n) is 45.3. The highest BCUT2D eigenvalue weighted by Crippen LogP contribution is 2.42. The normalized spacial score (nSPS) is 17.5. The molecule has 8 aromatic heterocycles. The van der Waals surface area contributed by atoms with Gasteiger partial charge in [-0.25, -0.2) is 28.7 Å². The molecule has 0 N–H and O–H groups in total. The van der Waals surface area contributed by atoms with Crippen LogP contribution in [0, 0.1) is 0 Å². The van der Waals surface area contributed by atoms with Crippen LogP contribution in [0.3, 0.4) is 0 Å². The van der Waals surface area contributed by atoms with Gasteiger partial charge in [-0.2, -0.15) is 10.2 Å². The molecule has 0 bridgehead atoms. The van der Waals surface area contributed by atoms with Crippen molar-refractivity contribution >= 4 is 54.7 Å². The molecule has 3 fully saturated rings. The van der Waals surface area contributed by atoms with Gasteiger partial charge in [-0.1, -0.05) is 24.3 Å². The number of halogens is 1. The topological polar surface area (TPSA) is 159 Å². The van der Waals surface area contributed by atoms with E-state index in [4.69, 9.17) is 26.9 Å². The minimum atomic E-state index is -0.433. The van der Waals surface area contributed by atoms with Gasteiger partial charge >= 0.3 is 0 Å². The third kappa shape index (κ3) is 10.9. The van der Waals surface area contributed by atoms with Gasteiger partial charge in [0.25, 0.3) is 0 Å². The van der Waals surface area contributed by atoms with Crippen LogP contribution in [0.4, 0.5) is 5.69 Å². The van der Waals surface area contributed by atoms with E-state index in [2.05, 4.69) is 74.9 Å². The number of benzene rings is 2. The smallest absolute Gasteiger partial charge is 0.169 e. The molecule has 0 atom stereocenters. The van der Waals surface area contributed by atoms with Crippen molar-refractivity contribution in [3.63, 3.8) is 0 Å². The summed E-state index contributed by atoms with van der Waals surface area (Å²) in [5.41, 5.74) is 8.41. The minimum Gasteiger partial charge on any atom is -0.489 e. The van der Waals surface area contributed by atoms with E-state index in [-0.39, 0.29) is 24.6 Å². The Balaban J connectivity index is 0.000000129. The summed E-state index contributed by atoms with van der Waals surface area (Å²) in [6, 6.07) is 26.6. The van der Waals surface area contributed by atoms with Gasteiger partial charge in [-0.15, -0.1) is 5.23 Å². The van der Waals surface area contributed by atoms with Gasteiger partial charge in [-0.3, -0.25) is 19.9 Å². The Labute approximate surface area is 452 Å². The van der Waals surface area contributed by atoms with Crippen LogP contribution in [-0.4, -0.2) is 123 Å². The lowest BCUT2D eigenvalue weighted by atomic mass is 9.90. The molecule has 76 heavy (non-hydrogen) atoms. The highest BCUT2D eigenvalue weighted by Gasteiger charge is 2.50. The molecule has 0 aliphatic carbocycles. The first-order valence-electron chi connectivity index (χ1n) is 26.5. The molecule has 0 saturated carbocycles. The molecular weight excluding hydrogens is 1020 g/mol. The number of nitrogens with zero attached hydrogens (tertiary/aromatic N) is 13. The van der Waals surface area contributed by atoms with E-state index >= 15 is 0 Å². The van der Waals surface area contributed by atoms with Crippen molar-refractivity contribution in [2.45, 2.75) is 76.8 Å². The maximum atomic E-state index is 7.79. The van der Waals surface area contributed by atoms with E-state index in [1.807, 2.05) is 131 Å². The highest BCUT2D eigenvalue weighted by molar-refractivity contribution is 9.10. The summed E-state index contributed by atoms with van der Waals surface area (Å²) < 4.78 is 31.9. The molecule has 10 aromatic rings. The third-order valence-electron chi connectivity index (χ3n) is 14.4. The van der Waals surface area contributed by atoms with Crippen LogP contribution in [0.2, 0.25) is 0 Å². The van der Waals surface area contributed by atoms with E-state index in [1.54, 1.807) is 39.8 Å². The van der Waals surface area contributed by atoms with Crippen LogP contribution in [0.25, 0.3) is 66.7 Å². The standard InChI is InChI=1S/C26H24N6O.C17H18BrN5O.C15H18N2O2/c1-31-12-9-19(10-13-31)33-20-7-8-24(28-15-20)18-14-29-26-23(16-30-32(26)17-18)21-4-2-6-25-22(21)5-3-11-27-25;1-22-6-4-13(5-7-22)24-14-2-3-16(19-9-14)12-8-20-17-15(18)10-21-23(17)11-12;1-14(2)15(3,4)19-17(18-14)13-9-5-8-12-11(13)7-6-10-16-12/h2-8,11,14-17,19H,9-10,12-13H2,1H3;2-3,8-11,13H,4-7H2,1H3;5-10H,1-4H3/i11D;;10D. The second-order valence-electron chi connectivity index (χ2n) is 20.3. The summed E-state index contributed by atoms with van der Waals surface area (Å²) in [7, 11) is 4.29. The molecule has 3 aliphatic rings. The number of piperidine rings is 2. The van der Waals surface area contributed by atoms with Crippen LogP contribution in [0.15, 0.2) is 151 Å². The molecule has 0 amide bonds. The first kappa shape index (κ1) is 48.2. The average molecular weight is 1090 g/mol. The van der Waals surface area contributed by atoms with Crippen molar-refractivity contribution in [1.82, 2.24) is 58.9 Å². The molecular formula is C58H60BrN13O4. The Hall–Kier alpha value is -7.48. The molecule has 0 radical (unpaired) electrons. The zero-order valence-corrected chi connectivity index (χ0v) is 44.9. The fraction of sp³-hybridized carbons (Fsp3) is 0.310. The van der Waals surface area contributed by atoms with Crippen molar-refractivity contribution in [2.24, 2.45) is 0 Å². The summed E-state index contributed by atoms with van der Waals surface area (Å²) in [4.78, 5) is 43.3. The predicted octanol–water partition coefficient (Wildman–Crippen LogP) is 11.0. The quantitative estimate of drug-likeness (QED) is 0.141.